The van der Waals surface area contributed by atoms with E-state index in [2.05, 4.69) is 10.3 Å². The molecule has 0 aliphatic carbocycles. The molecule has 108 valence electrons. The van der Waals surface area contributed by atoms with Crippen molar-refractivity contribution in [1.29, 1.82) is 0 Å². The van der Waals surface area contributed by atoms with Crippen LogP contribution >= 0.6 is 23.2 Å². The van der Waals surface area contributed by atoms with Crippen molar-refractivity contribution in [3.8, 4) is 5.69 Å². The highest BCUT2D eigenvalue weighted by Crippen LogP contribution is 2.35. The summed E-state index contributed by atoms with van der Waals surface area (Å²) in [4.78, 5) is 0. The summed E-state index contributed by atoms with van der Waals surface area (Å²) in [6.45, 7) is 1.85. The molecule has 1 atom stereocenters. The first-order valence-corrected chi connectivity index (χ1v) is 6.57. The molecule has 8 heteroatoms. The molecule has 0 N–H and O–H groups in total. The second-order valence-electron chi connectivity index (χ2n) is 4.12. The smallest absolute Gasteiger partial charge is 0.220 e. The third-order valence-corrected chi connectivity index (χ3v) is 3.47. The molecule has 0 aliphatic heterocycles. The van der Waals surface area contributed by atoms with Crippen molar-refractivity contribution in [3.63, 3.8) is 0 Å². The zero-order valence-electron chi connectivity index (χ0n) is 10.3. The van der Waals surface area contributed by atoms with E-state index in [4.69, 9.17) is 23.2 Å². The maximum absolute atomic E-state index is 13.0. The number of aromatic nitrogens is 3. The Bertz CT molecular complexity index is 610. The Labute approximate surface area is 123 Å². The second-order valence-corrected chi connectivity index (χ2v) is 5.09. The zero-order valence-corrected chi connectivity index (χ0v) is 11.8. The van der Waals surface area contributed by atoms with Crippen LogP contribution in [0.4, 0.5) is 13.2 Å². The summed E-state index contributed by atoms with van der Waals surface area (Å²) in [7, 11) is 0. The van der Waals surface area contributed by atoms with Crippen LogP contribution < -0.4 is 0 Å². The Balaban J connectivity index is 2.50. The lowest BCUT2D eigenvalue weighted by Gasteiger charge is -2.12. The van der Waals surface area contributed by atoms with E-state index in [0.717, 1.165) is 10.7 Å². The van der Waals surface area contributed by atoms with E-state index < -0.39 is 11.7 Å². The fraction of sp³-hybridized carbons (Fsp3) is 0.333. The standard InChI is InChI=1S/C12H10Cl2F3N3/c1-2-9(14)10-6-20(19-18-10)11-4-3-7(13)5-8(11)12(15,16)17/h3-6,9H,2H2,1H3. The Kier molecular flexibility index (Phi) is 4.25. The molecule has 2 rings (SSSR count). The molecule has 0 radical (unpaired) electrons. The van der Waals surface area contributed by atoms with Gasteiger partial charge in [-0.25, -0.2) is 4.68 Å². The van der Waals surface area contributed by atoms with Crippen LogP contribution in [0.3, 0.4) is 0 Å². The maximum Gasteiger partial charge on any atom is 0.418 e. The lowest BCUT2D eigenvalue weighted by molar-refractivity contribution is -0.137. The molecule has 3 nitrogen and oxygen atoms in total. The van der Waals surface area contributed by atoms with Crippen LogP contribution in [0.2, 0.25) is 5.02 Å². The molecule has 0 fully saturated rings. The SMILES string of the molecule is CCC(Cl)c1cn(-c2ccc(Cl)cc2C(F)(F)F)nn1. The Morgan fingerprint density at radius 1 is 1.35 bits per heavy atom. The first-order valence-electron chi connectivity index (χ1n) is 5.76. The molecule has 0 amide bonds. The van der Waals surface area contributed by atoms with Crippen LogP contribution in [-0.4, -0.2) is 15.0 Å². The highest BCUT2D eigenvalue weighted by Gasteiger charge is 2.34. The molecule has 1 heterocycles. The van der Waals surface area contributed by atoms with E-state index in [9.17, 15) is 13.2 Å². The van der Waals surface area contributed by atoms with E-state index in [1.807, 2.05) is 6.92 Å². The number of hydrogen-bond acceptors (Lipinski definition) is 2. The second kappa shape index (κ2) is 5.61. The van der Waals surface area contributed by atoms with Gasteiger partial charge in [-0.15, -0.1) is 16.7 Å². The fourth-order valence-electron chi connectivity index (χ4n) is 1.68. The van der Waals surface area contributed by atoms with Crippen LogP contribution in [0.25, 0.3) is 5.69 Å². The van der Waals surface area contributed by atoms with Gasteiger partial charge in [-0.05, 0) is 24.6 Å². The average molecular weight is 324 g/mol. The molecule has 0 spiro atoms. The molecule has 20 heavy (non-hydrogen) atoms. The molecule has 1 aromatic heterocycles. The summed E-state index contributed by atoms with van der Waals surface area (Å²) in [6, 6.07) is 3.47. The van der Waals surface area contributed by atoms with Gasteiger partial charge in [0.1, 0.15) is 5.69 Å². The van der Waals surface area contributed by atoms with Crippen molar-refractivity contribution in [3.05, 3.63) is 40.7 Å². The fourth-order valence-corrected chi connectivity index (χ4v) is 1.95. The van der Waals surface area contributed by atoms with Crippen LogP contribution in [0.15, 0.2) is 24.4 Å². The minimum absolute atomic E-state index is 0.00481. The molecular weight excluding hydrogens is 314 g/mol. The van der Waals surface area contributed by atoms with Crippen LogP contribution in [0, 0.1) is 0 Å². The number of rotatable bonds is 3. The predicted molar refractivity (Wildman–Crippen MR) is 70.3 cm³/mol. The summed E-state index contributed by atoms with van der Waals surface area (Å²) in [5.41, 5.74) is -0.582. The van der Waals surface area contributed by atoms with E-state index in [1.54, 1.807) is 0 Å². The third kappa shape index (κ3) is 3.07. The van der Waals surface area contributed by atoms with Gasteiger partial charge in [-0.3, -0.25) is 0 Å². The van der Waals surface area contributed by atoms with Crippen molar-refractivity contribution < 1.29 is 13.2 Å². The number of benzene rings is 1. The van der Waals surface area contributed by atoms with E-state index in [0.29, 0.717) is 12.1 Å². The zero-order chi connectivity index (χ0) is 14.9. The summed E-state index contributed by atoms with van der Waals surface area (Å²) in [5.74, 6) is 0. The van der Waals surface area contributed by atoms with Gasteiger partial charge in [0.15, 0.2) is 0 Å². The lowest BCUT2D eigenvalue weighted by atomic mass is 10.1. The molecule has 1 unspecified atom stereocenters. The van der Waals surface area contributed by atoms with E-state index in [1.165, 1.54) is 18.3 Å². The minimum atomic E-state index is -4.53. The van der Waals surface area contributed by atoms with Gasteiger partial charge < -0.3 is 0 Å². The van der Waals surface area contributed by atoms with Gasteiger partial charge in [0.2, 0.25) is 0 Å². The van der Waals surface area contributed by atoms with Gasteiger partial charge in [-0.2, -0.15) is 13.2 Å². The molecule has 0 aliphatic rings. The molecule has 0 saturated carbocycles. The first kappa shape index (κ1) is 15.1. The Morgan fingerprint density at radius 2 is 2.05 bits per heavy atom. The number of hydrogen-bond donors (Lipinski definition) is 0. The summed E-state index contributed by atoms with van der Waals surface area (Å²) >= 11 is 11.6. The van der Waals surface area contributed by atoms with Crippen LogP contribution in [0.5, 0.6) is 0 Å². The van der Waals surface area contributed by atoms with Gasteiger partial charge in [-0.1, -0.05) is 23.7 Å². The van der Waals surface area contributed by atoms with Gasteiger partial charge in [0.25, 0.3) is 0 Å². The summed E-state index contributed by atoms with van der Waals surface area (Å²) in [5, 5.41) is 7.11. The monoisotopic (exact) mass is 323 g/mol. The average Bonchev–Trinajstić information content (AvgIpc) is 2.86. The van der Waals surface area contributed by atoms with Gasteiger partial charge >= 0.3 is 6.18 Å². The minimum Gasteiger partial charge on any atom is -0.220 e. The number of nitrogens with zero attached hydrogens (tertiary/aromatic N) is 3. The van der Waals surface area contributed by atoms with Gasteiger partial charge in [0.05, 0.1) is 22.8 Å². The number of alkyl halides is 4. The quantitative estimate of drug-likeness (QED) is 0.771. The molecule has 2 aromatic rings. The molecule has 0 bridgehead atoms. The van der Waals surface area contributed by atoms with E-state index in [-0.39, 0.29) is 16.1 Å². The van der Waals surface area contributed by atoms with Crippen LogP contribution in [0.1, 0.15) is 30.0 Å². The van der Waals surface area contributed by atoms with Gasteiger partial charge in [0, 0.05) is 5.02 Å². The predicted octanol–water partition coefficient (Wildman–Crippen LogP) is 4.63. The Hall–Kier alpha value is -1.27. The molecule has 1 aromatic carbocycles. The maximum atomic E-state index is 13.0. The third-order valence-electron chi connectivity index (χ3n) is 2.70. The summed E-state index contributed by atoms with van der Waals surface area (Å²) in [6.07, 6.45) is -2.54. The van der Waals surface area contributed by atoms with Crippen molar-refractivity contribution in [2.45, 2.75) is 24.9 Å². The normalized spacial score (nSPS) is 13.5. The molecular formula is C12H10Cl2F3N3. The van der Waals surface area contributed by atoms with Crippen LogP contribution in [-0.2, 0) is 6.18 Å². The van der Waals surface area contributed by atoms with Crippen molar-refractivity contribution >= 4 is 23.2 Å². The Morgan fingerprint density at radius 3 is 2.65 bits per heavy atom. The highest BCUT2D eigenvalue weighted by atomic mass is 35.5. The topological polar surface area (TPSA) is 30.7 Å². The van der Waals surface area contributed by atoms with E-state index >= 15 is 0 Å². The summed E-state index contributed by atoms with van der Waals surface area (Å²) < 4.78 is 40.1. The van der Waals surface area contributed by atoms with Crippen molar-refractivity contribution in [2.24, 2.45) is 0 Å². The molecule has 0 saturated heterocycles. The van der Waals surface area contributed by atoms with Crippen molar-refractivity contribution in [2.75, 3.05) is 0 Å². The number of halogens is 5. The van der Waals surface area contributed by atoms with Crippen molar-refractivity contribution in [1.82, 2.24) is 15.0 Å². The highest BCUT2D eigenvalue weighted by molar-refractivity contribution is 6.30. The first-order chi connectivity index (χ1) is 9.32. The lowest BCUT2D eigenvalue weighted by Crippen LogP contribution is -2.11. The largest absolute Gasteiger partial charge is 0.418 e.